The lowest BCUT2D eigenvalue weighted by Gasteiger charge is -2.36. The maximum atomic E-state index is 6.48. The average molecular weight is 414 g/mol. The van der Waals surface area contributed by atoms with Crippen molar-refractivity contribution < 1.29 is 0 Å². The van der Waals surface area contributed by atoms with Gasteiger partial charge in [-0.15, -0.1) is 24.2 Å². The topological polar surface area (TPSA) is 15.3 Å². The van der Waals surface area contributed by atoms with Gasteiger partial charge in [0.1, 0.15) is 0 Å². The number of nitrogens with zero attached hydrogens (tertiary/aromatic N) is 1. The first kappa shape index (κ1) is 17.8. The van der Waals surface area contributed by atoms with Gasteiger partial charge in [0.25, 0.3) is 0 Å². The number of benzene rings is 2. The zero-order valence-corrected chi connectivity index (χ0v) is 16.7. The maximum absolute atomic E-state index is 6.48. The van der Waals surface area contributed by atoms with E-state index in [4.69, 9.17) is 23.2 Å². The summed E-state index contributed by atoms with van der Waals surface area (Å²) in [7, 11) is 0. The smallest absolute Gasteiger partial charge is 0.0544 e. The molecule has 0 unspecified atom stereocenters. The fourth-order valence-corrected chi connectivity index (χ4v) is 6.19. The highest BCUT2D eigenvalue weighted by atomic mass is 35.5. The molecule has 3 aliphatic heterocycles. The van der Waals surface area contributed by atoms with E-state index in [9.17, 15) is 0 Å². The van der Waals surface area contributed by atoms with E-state index >= 15 is 0 Å². The first-order valence-electron chi connectivity index (χ1n) is 8.46. The average Bonchev–Trinajstić information content (AvgIpc) is 2.91. The van der Waals surface area contributed by atoms with Crippen LogP contribution >= 0.6 is 47.4 Å². The standard InChI is InChI=1S/C19H18Cl2N2S.ClH/c20-14-2-1-3-15(21)18(14)11-8-12-13-10-22-5-4-16(13)23-6-7-24-17(9-11)19(12)23;/h1-3,8-9,13,16,22H,4-7,10H2;1H/t13-,16-;/m0./s1. The molecule has 1 N–H and O–H groups in total. The van der Waals surface area contributed by atoms with Crippen LogP contribution in [0.5, 0.6) is 0 Å². The summed E-state index contributed by atoms with van der Waals surface area (Å²) in [5, 5.41) is 5.03. The minimum atomic E-state index is 0. The molecule has 6 heteroatoms. The summed E-state index contributed by atoms with van der Waals surface area (Å²) in [5.74, 6) is 1.73. The Bertz CT molecular complexity index is 806. The van der Waals surface area contributed by atoms with E-state index in [0.717, 1.165) is 46.6 Å². The Hall–Kier alpha value is -0.580. The number of thioether (sulfide) groups is 1. The molecule has 0 bridgehead atoms. The van der Waals surface area contributed by atoms with Crippen LogP contribution in [0.15, 0.2) is 35.2 Å². The van der Waals surface area contributed by atoms with Gasteiger partial charge in [0, 0.05) is 51.3 Å². The van der Waals surface area contributed by atoms with Crippen LogP contribution < -0.4 is 10.2 Å². The SMILES string of the molecule is Cl.Clc1cccc(Cl)c1-c1cc2c3c(c1)[C@@H]1CNCC[C@@H]1N3CCS2. The van der Waals surface area contributed by atoms with Crippen LogP contribution in [0.2, 0.25) is 10.0 Å². The third-order valence-corrected chi connectivity index (χ3v) is 7.12. The summed E-state index contributed by atoms with van der Waals surface area (Å²) in [6, 6.07) is 11.0. The number of halogens is 3. The van der Waals surface area contributed by atoms with Crippen molar-refractivity contribution in [1.29, 1.82) is 0 Å². The highest BCUT2D eigenvalue weighted by molar-refractivity contribution is 7.99. The second kappa shape index (κ2) is 6.86. The van der Waals surface area contributed by atoms with Gasteiger partial charge < -0.3 is 10.2 Å². The van der Waals surface area contributed by atoms with E-state index in [2.05, 4.69) is 22.3 Å². The van der Waals surface area contributed by atoms with Crippen LogP contribution in [-0.4, -0.2) is 31.4 Å². The third kappa shape index (κ3) is 2.76. The van der Waals surface area contributed by atoms with Gasteiger partial charge in [0.15, 0.2) is 0 Å². The second-order valence-corrected chi connectivity index (χ2v) is 8.67. The highest BCUT2D eigenvalue weighted by Crippen LogP contribution is 2.52. The lowest BCUT2D eigenvalue weighted by Crippen LogP contribution is -2.45. The number of piperidine rings is 1. The molecule has 2 atom stereocenters. The van der Waals surface area contributed by atoms with Crippen LogP contribution in [0.4, 0.5) is 5.69 Å². The highest BCUT2D eigenvalue weighted by Gasteiger charge is 2.42. The first-order valence-corrected chi connectivity index (χ1v) is 10.2. The molecule has 0 aromatic heterocycles. The van der Waals surface area contributed by atoms with Crippen molar-refractivity contribution in [3.05, 3.63) is 45.9 Å². The molecule has 0 saturated carbocycles. The predicted molar refractivity (Wildman–Crippen MR) is 111 cm³/mol. The summed E-state index contributed by atoms with van der Waals surface area (Å²) < 4.78 is 0. The minimum absolute atomic E-state index is 0. The van der Waals surface area contributed by atoms with Gasteiger partial charge in [-0.05, 0) is 48.4 Å². The van der Waals surface area contributed by atoms with E-state index in [1.165, 1.54) is 22.6 Å². The molecule has 2 aromatic carbocycles. The molecule has 0 amide bonds. The minimum Gasteiger partial charge on any atom is -0.366 e. The summed E-state index contributed by atoms with van der Waals surface area (Å²) in [5.41, 5.74) is 5.06. The lowest BCUT2D eigenvalue weighted by atomic mass is 9.88. The normalized spacial score (nSPS) is 23.7. The Kier molecular flexibility index (Phi) is 4.89. The Labute approximate surface area is 168 Å². The predicted octanol–water partition coefficient (Wildman–Crippen LogP) is 5.45. The maximum Gasteiger partial charge on any atom is 0.0544 e. The van der Waals surface area contributed by atoms with Crippen molar-refractivity contribution in [1.82, 2.24) is 5.32 Å². The van der Waals surface area contributed by atoms with Gasteiger partial charge in [0.05, 0.1) is 5.69 Å². The Morgan fingerprint density at radius 1 is 1.16 bits per heavy atom. The van der Waals surface area contributed by atoms with E-state index in [1.54, 1.807) is 0 Å². The number of nitrogens with one attached hydrogen (secondary N) is 1. The number of rotatable bonds is 1. The molecule has 132 valence electrons. The van der Waals surface area contributed by atoms with Crippen molar-refractivity contribution in [2.24, 2.45) is 0 Å². The van der Waals surface area contributed by atoms with Gasteiger partial charge in [-0.25, -0.2) is 0 Å². The van der Waals surface area contributed by atoms with Gasteiger partial charge >= 0.3 is 0 Å². The van der Waals surface area contributed by atoms with Crippen molar-refractivity contribution in [3.63, 3.8) is 0 Å². The molecule has 0 aliphatic carbocycles. The molecular weight excluding hydrogens is 395 g/mol. The fraction of sp³-hybridized carbons (Fsp3) is 0.368. The summed E-state index contributed by atoms with van der Waals surface area (Å²) in [6.07, 6.45) is 1.23. The van der Waals surface area contributed by atoms with E-state index < -0.39 is 0 Å². The van der Waals surface area contributed by atoms with Gasteiger partial charge in [-0.2, -0.15) is 0 Å². The zero-order chi connectivity index (χ0) is 16.3. The second-order valence-electron chi connectivity index (χ2n) is 6.72. The molecule has 3 aliphatic rings. The van der Waals surface area contributed by atoms with Crippen molar-refractivity contribution in [2.45, 2.75) is 23.3 Å². The van der Waals surface area contributed by atoms with Gasteiger partial charge in [-0.1, -0.05) is 29.3 Å². The van der Waals surface area contributed by atoms with Crippen LogP contribution in [0.1, 0.15) is 17.9 Å². The Morgan fingerprint density at radius 3 is 2.76 bits per heavy atom. The molecule has 1 saturated heterocycles. The molecule has 1 fully saturated rings. The van der Waals surface area contributed by atoms with Crippen molar-refractivity contribution in [2.75, 3.05) is 30.3 Å². The van der Waals surface area contributed by atoms with Gasteiger partial charge in [0.2, 0.25) is 0 Å². The molecule has 25 heavy (non-hydrogen) atoms. The van der Waals surface area contributed by atoms with Gasteiger partial charge in [-0.3, -0.25) is 0 Å². The van der Waals surface area contributed by atoms with Crippen LogP contribution in [-0.2, 0) is 0 Å². The van der Waals surface area contributed by atoms with Crippen molar-refractivity contribution >= 4 is 53.1 Å². The summed E-state index contributed by atoms with van der Waals surface area (Å²) in [6.45, 7) is 3.35. The Balaban J connectivity index is 0.00000157. The molecule has 2 aromatic rings. The molecule has 0 radical (unpaired) electrons. The third-order valence-electron chi connectivity index (χ3n) is 5.48. The number of hydrogen-bond acceptors (Lipinski definition) is 3. The van der Waals surface area contributed by atoms with Crippen LogP contribution in [0.25, 0.3) is 11.1 Å². The van der Waals surface area contributed by atoms with Crippen molar-refractivity contribution in [3.8, 4) is 11.1 Å². The van der Waals surface area contributed by atoms with Crippen LogP contribution in [0, 0.1) is 0 Å². The van der Waals surface area contributed by atoms with E-state index in [-0.39, 0.29) is 12.4 Å². The lowest BCUT2D eigenvalue weighted by molar-refractivity contribution is 0.406. The fourth-order valence-electron chi connectivity index (χ4n) is 4.48. The number of fused-ring (bicyclic) bond motifs is 3. The summed E-state index contributed by atoms with van der Waals surface area (Å²) >= 11 is 14.9. The molecule has 3 heterocycles. The zero-order valence-electron chi connectivity index (χ0n) is 13.6. The monoisotopic (exact) mass is 412 g/mol. The number of hydrogen-bond donors (Lipinski definition) is 1. The molecule has 0 spiro atoms. The van der Waals surface area contributed by atoms with E-state index in [0.29, 0.717) is 12.0 Å². The molecule has 5 rings (SSSR count). The first-order chi connectivity index (χ1) is 11.7. The quantitative estimate of drug-likeness (QED) is 0.669. The molecule has 2 nitrogen and oxygen atoms in total. The number of anilines is 1. The summed E-state index contributed by atoms with van der Waals surface area (Å²) in [4.78, 5) is 4.05. The molecular formula is C19H19Cl3N2S. The Morgan fingerprint density at radius 2 is 1.96 bits per heavy atom. The van der Waals surface area contributed by atoms with E-state index in [1.807, 2.05) is 30.0 Å². The van der Waals surface area contributed by atoms with Crippen LogP contribution in [0.3, 0.4) is 0 Å². The largest absolute Gasteiger partial charge is 0.366 e.